The topological polar surface area (TPSA) is 68.0 Å². The van der Waals surface area contributed by atoms with Gasteiger partial charge >= 0.3 is 12.1 Å². The van der Waals surface area contributed by atoms with Gasteiger partial charge in [0.1, 0.15) is 11.6 Å². The van der Waals surface area contributed by atoms with Crippen molar-refractivity contribution < 1.29 is 23.1 Å². The van der Waals surface area contributed by atoms with E-state index in [1.54, 1.807) is 0 Å². The third-order valence-corrected chi connectivity index (χ3v) is 7.13. The standard InChI is InChI=1S/C18H27N3.C2HF3O2/c1-2-4-16-19-20-17(21(16)5-3-1)12-18-9-13-6-14(10-18)8-15(7-13)11-18;3-2(4,5)1(6)7/h13-15H,1-12H2;(H,6,7). The van der Waals surface area contributed by atoms with Crippen molar-refractivity contribution in [3.05, 3.63) is 11.6 Å². The lowest BCUT2D eigenvalue weighted by Crippen LogP contribution is -2.47. The summed E-state index contributed by atoms with van der Waals surface area (Å²) in [5, 5.41) is 16.3. The lowest BCUT2D eigenvalue weighted by atomic mass is 9.49. The molecule has 1 aromatic rings. The van der Waals surface area contributed by atoms with Gasteiger partial charge in [0, 0.05) is 19.4 Å². The van der Waals surface area contributed by atoms with Gasteiger partial charge in [0.15, 0.2) is 0 Å². The quantitative estimate of drug-likeness (QED) is 0.801. The molecule has 4 aliphatic carbocycles. The highest BCUT2D eigenvalue weighted by Crippen LogP contribution is 2.60. The zero-order chi connectivity index (χ0) is 19.9. The van der Waals surface area contributed by atoms with Crippen LogP contribution in [-0.2, 0) is 24.2 Å². The number of rotatable bonds is 2. The first-order valence-electron chi connectivity index (χ1n) is 10.5. The molecule has 0 radical (unpaired) electrons. The maximum atomic E-state index is 10.6. The Morgan fingerprint density at radius 2 is 1.61 bits per heavy atom. The Morgan fingerprint density at radius 1 is 1.04 bits per heavy atom. The monoisotopic (exact) mass is 399 g/mol. The zero-order valence-corrected chi connectivity index (χ0v) is 16.0. The zero-order valence-electron chi connectivity index (χ0n) is 16.0. The molecule has 4 saturated carbocycles. The van der Waals surface area contributed by atoms with Crippen LogP contribution in [0.3, 0.4) is 0 Å². The number of halogens is 3. The fraction of sp³-hybridized carbons (Fsp3) is 0.850. The minimum absolute atomic E-state index is 0.602. The molecule has 0 saturated heterocycles. The van der Waals surface area contributed by atoms with Crippen molar-refractivity contribution in [2.75, 3.05) is 0 Å². The number of aromatic nitrogens is 3. The number of alkyl halides is 3. The number of aliphatic carboxylic acids is 1. The Morgan fingerprint density at radius 3 is 2.14 bits per heavy atom. The number of hydrogen-bond donors (Lipinski definition) is 1. The van der Waals surface area contributed by atoms with Crippen LogP contribution in [0.25, 0.3) is 0 Å². The van der Waals surface area contributed by atoms with Gasteiger partial charge in [0.25, 0.3) is 0 Å². The van der Waals surface area contributed by atoms with Crippen LogP contribution in [-0.4, -0.2) is 32.0 Å². The molecule has 0 aromatic carbocycles. The second-order valence-corrected chi connectivity index (χ2v) is 9.39. The molecule has 2 heterocycles. The van der Waals surface area contributed by atoms with E-state index in [4.69, 9.17) is 9.90 Å². The fourth-order valence-electron chi connectivity index (χ4n) is 6.52. The molecular weight excluding hydrogens is 371 g/mol. The van der Waals surface area contributed by atoms with Crippen molar-refractivity contribution in [2.45, 2.75) is 83.4 Å². The summed E-state index contributed by atoms with van der Waals surface area (Å²) >= 11 is 0. The maximum absolute atomic E-state index is 10.6. The summed E-state index contributed by atoms with van der Waals surface area (Å²) in [6.07, 6.45) is 10.3. The molecule has 1 aliphatic heterocycles. The van der Waals surface area contributed by atoms with E-state index >= 15 is 0 Å². The van der Waals surface area contributed by atoms with Crippen LogP contribution >= 0.6 is 0 Å². The Balaban J connectivity index is 0.000000239. The molecule has 0 amide bonds. The van der Waals surface area contributed by atoms with E-state index in [1.807, 2.05) is 0 Å². The highest BCUT2D eigenvalue weighted by atomic mass is 19.4. The van der Waals surface area contributed by atoms with E-state index in [1.165, 1.54) is 82.4 Å². The van der Waals surface area contributed by atoms with E-state index in [0.29, 0.717) is 5.41 Å². The highest BCUT2D eigenvalue weighted by Gasteiger charge is 2.51. The van der Waals surface area contributed by atoms with Crippen molar-refractivity contribution >= 4 is 5.97 Å². The van der Waals surface area contributed by atoms with Crippen molar-refractivity contribution in [1.82, 2.24) is 14.8 Å². The molecule has 0 spiro atoms. The molecule has 6 rings (SSSR count). The van der Waals surface area contributed by atoms with Crippen LogP contribution < -0.4 is 0 Å². The van der Waals surface area contributed by atoms with Crippen molar-refractivity contribution in [3.8, 4) is 0 Å². The summed E-state index contributed by atoms with van der Waals surface area (Å²) in [7, 11) is 0. The molecule has 1 aromatic heterocycles. The highest BCUT2D eigenvalue weighted by molar-refractivity contribution is 5.73. The summed E-state index contributed by atoms with van der Waals surface area (Å²) in [6.45, 7) is 1.17. The van der Waals surface area contributed by atoms with Crippen LogP contribution in [0.2, 0.25) is 0 Å². The van der Waals surface area contributed by atoms with Crippen LogP contribution in [0.4, 0.5) is 13.2 Å². The Kier molecular flexibility index (Phi) is 5.16. The lowest BCUT2D eigenvalue weighted by molar-refractivity contribution is -0.192. The largest absolute Gasteiger partial charge is 0.490 e. The molecule has 5 aliphatic rings. The second kappa shape index (κ2) is 7.34. The average molecular weight is 399 g/mol. The van der Waals surface area contributed by atoms with Gasteiger partial charge in [-0.3, -0.25) is 0 Å². The lowest BCUT2D eigenvalue weighted by Gasteiger charge is -2.56. The van der Waals surface area contributed by atoms with Crippen LogP contribution in [0.5, 0.6) is 0 Å². The van der Waals surface area contributed by atoms with E-state index < -0.39 is 12.1 Å². The first-order chi connectivity index (χ1) is 13.2. The molecule has 5 nitrogen and oxygen atoms in total. The van der Waals surface area contributed by atoms with E-state index in [-0.39, 0.29) is 0 Å². The Hall–Kier alpha value is -1.60. The molecule has 4 fully saturated rings. The van der Waals surface area contributed by atoms with Gasteiger partial charge in [0.2, 0.25) is 0 Å². The van der Waals surface area contributed by atoms with Crippen LogP contribution in [0.15, 0.2) is 0 Å². The Bertz CT molecular complexity index is 693. The average Bonchev–Trinajstić information content (AvgIpc) is 2.81. The number of carboxylic acids is 1. The van der Waals surface area contributed by atoms with E-state index in [9.17, 15) is 13.2 Å². The number of nitrogens with zero attached hydrogens (tertiary/aromatic N) is 3. The van der Waals surface area contributed by atoms with Crippen LogP contribution in [0.1, 0.15) is 69.4 Å². The molecule has 0 atom stereocenters. The number of hydrogen-bond acceptors (Lipinski definition) is 3. The number of carboxylic acid groups (broad SMARTS) is 1. The molecular formula is C20H28F3N3O2. The number of fused-ring (bicyclic) bond motifs is 1. The normalized spacial score (nSPS) is 33.6. The van der Waals surface area contributed by atoms with Gasteiger partial charge in [-0.25, -0.2) is 4.79 Å². The smallest absolute Gasteiger partial charge is 0.475 e. The first-order valence-corrected chi connectivity index (χ1v) is 10.5. The molecule has 8 heteroatoms. The van der Waals surface area contributed by atoms with Gasteiger partial charge in [-0.15, -0.1) is 10.2 Å². The number of aryl methyl sites for hydroxylation is 1. The third kappa shape index (κ3) is 4.06. The molecule has 156 valence electrons. The minimum Gasteiger partial charge on any atom is -0.475 e. The van der Waals surface area contributed by atoms with Gasteiger partial charge < -0.3 is 9.67 Å². The minimum atomic E-state index is -5.08. The van der Waals surface area contributed by atoms with Gasteiger partial charge in [0.05, 0.1) is 0 Å². The van der Waals surface area contributed by atoms with E-state index in [0.717, 1.165) is 24.2 Å². The summed E-state index contributed by atoms with van der Waals surface area (Å²) in [5.74, 6) is 2.97. The van der Waals surface area contributed by atoms with E-state index in [2.05, 4.69) is 14.8 Å². The summed E-state index contributed by atoms with van der Waals surface area (Å²) < 4.78 is 34.2. The number of carbonyl (C=O) groups is 1. The molecule has 28 heavy (non-hydrogen) atoms. The van der Waals surface area contributed by atoms with Gasteiger partial charge in [-0.2, -0.15) is 13.2 Å². The Labute approximate surface area is 162 Å². The van der Waals surface area contributed by atoms with Crippen molar-refractivity contribution in [3.63, 3.8) is 0 Å². The van der Waals surface area contributed by atoms with Crippen molar-refractivity contribution in [1.29, 1.82) is 0 Å². The maximum Gasteiger partial charge on any atom is 0.490 e. The van der Waals surface area contributed by atoms with Gasteiger partial charge in [-0.05, 0) is 74.5 Å². The molecule has 4 bridgehead atoms. The summed E-state index contributed by atoms with van der Waals surface area (Å²) in [4.78, 5) is 8.90. The van der Waals surface area contributed by atoms with Crippen molar-refractivity contribution in [2.24, 2.45) is 23.2 Å². The van der Waals surface area contributed by atoms with Crippen LogP contribution in [0, 0.1) is 23.2 Å². The first kappa shape index (κ1) is 19.7. The predicted octanol–water partition coefficient (Wildman–Crippen LogP) is 4.40. The SMILES string of the molecule is C1CCc2nnc(CC34CC5CC(CC(C5)C3)C4)n2CC1.O=C(O)C(F)(F)F. The fourth-order valence-corrected chi connectivity index (χ4v) is 6.52. The summed E-state index contributed by atoms with van der Waals surface area (Å²) in [5.41, 5.74) is 0.602. The summed E-state index contributed by atoms with van der Waals surface area (Å²) in [6, 6.07) is 0. The second-order valence-electron chi connectivity index (χ2n) is 9.39. The van der Waals surface area contributed by atoms with Gasteiger partial charge in [-0.1, -0.05) is 6.42 Å². The third-order valence-electron chi connectivity index (χ3n) is 7.13. The predicted molar refractivity (Wildman–Crippen MR) is 95.6 cm³/mol. The molecule has 1 N–H and O–H groups in total. The molecule has 0 unspecified atom stereocenters.